The number of aromatic nitrogens is 2. The Labute approximate surface area is 125 Å². The predicted molar refractivity (Wildman–Crippen MR) is 81.7 cm³/mol. The number of ether oxygens (including phenoxy) is 1. The molecule has 0 aliphatic rings. The molecule has 0 fully saturated rings. The van der Waals surface area contributed by atoms with Crippen molar-refractivity contribution in [1.29, 1.82) is 0 Å². The summed E-state index contributed by atoms with van der Waals surface area (Å²) in [5, 5.41) is 8.33. The maximum atomic E-state index is 5.94. The van der Waals surface area contributed by atoms with E-state index < -0.39 is 0 Å². The molecule has 2 aromatic rings. The molecule has 1 heterocycles. The second kappa shape index (κ2) is 5.41. The van der Waals surface area contributed by atoms with Crippen molar-refractivity contribution in [2.45, 2.75) is 40.0 Å². The van der Waals surface area contributed by atoms with Gasteiger partial charge in [-0.3, -0.25) is 0 Å². The van der Waals surface area contributed by atoms with Crippen molar-refractivity contribution in [3.63, 3.8) is 0 Å². The molecule has 1 aromatic carbocycles. The zero-order chi connectivity index (χ0) is 14.9. The average molecular weight is 291 g/mol. The molecule has 0 spiro atoms. The number of nitrogens with zero attached hydrogens (tertiary/aromatic N) is 2. The fraction of sp³-hybridized carbons (Fsp3) is 0.375. The Morgan fingerprint density at radius 3 is 2.40 bits per heavy atom. The molecule has 0 saturated carbocycles. The highest BCUT2D eigenvalue weighted by Gasteiger charge is 2.15. The van der Waals surface area contributed by atoms with Crippen molar-refractivity contribution in [2.24, 2.45) is 0 Å². The van der Waals surface area contributed by atoms with E-state index >= 15 is 0 Å². The lowest BCUT2D eigenvalue weighted by Gasteiger charge is -2.19. The van der Waals surface area contributed by atoms with Crippen LogP contribution in [0.25, 0.3) is 0 Å². The minimum Gasteiger partial charge on any atom is -0.437 e. The van der Waals surface area contributed by atoms with Gasteiger partial charge in [0.05, 0.1) is 0 Å². The van der Waals surface area contributed by atoms with Crippen LogP contribution in [0.5, 0.6) is 11.6 Å². The van der Waals surface area contributed by atoms with Gasteiger partial charge in [-0.15, -0.1) is 10.2 Å². The van der Waals surface area contributed by atoms with Gasteiger partial charge in [-0.25, -0.2) is 0 Å². The van der Waals surface area contributed by atoms with Crippen LogP contribution >= 0.6 is 11.6 Å². The van der Waals surface area contributed by atoms with Crippen molar-refractivity contribution in [3.05, 3.63) is 46.1 Å². The third-order valence-corrected chi connectivity index (χ3v) is 3.70. The van der Waals surface area contributed by atoms with Gasteiger partial charge in [0.15, 0.2) is 5.15 Å². The summed E-state index contributed by atoms with van der Waals surface area (Å²) in [6.45, 7) is 10.3. The number of benzene rings is 1. The van der Waals surface area contributed by atoms with Crippen LogP contribution in [-0.2, 0) is 5.41 Å². The van der Waals surface area contributed by atoms with Crippen molar-refractivity contribution in [2.75, 3.05) is 0 Å². The summed E-state index contributed by atoms with van der Waals surface area (Å²) in [5.74, 6) is 1.26. The fourth-order valence-corrected chi connectivity index (χ4v) is 1.97. The number of hydrogen-bond donors (Lipinski definition) is 0. The molecular formula is C16H19ClN2O. The van der Waals surface area contributed by atoms with Crippen molar-refractivity contribution in [3.8, 4) is 11.6 Å². The summed E-state index contributed by atoms with van der Waals surface area (Å²) in [7, 11) is 0. The first-order valence-corrected chi connectivity index (χ1v) is 6.94. The number of halogens is 1. The van der Waals surface area contributed by atoms with Crippen LogP contribution in [-0.4, -0.2) is 10.2 Å². The molecule has 20 heavy (non-hydrogen) atoms. The van der Waals surface area contributed by atoms with E-state index in [0.29, 0.717) is 11.0 Å². The Morgan fingerprint density at radius 2 is 1.75 bits per heavy atom. The fourth-order valence-electron chi connectivity index (χ4n) is 1.79. The SMILES string of the molecule is Cc1c(Cl)nnc(Oc2cccc(C(C)(C)C)c2)c1C. The summed E-state index contributed by atoms with van der Waals surface area (Å²) in [6.07, 6.45) is 0. The summed E-state index contributed by atoms with van der Waals surface area (Å²) in [5.41, 5.74) is 3.09. The van der Waals surface area contributed by atoms with E-state index in [0.717, 1.165) is 16.9 Å². The molecule has 0 aliphatic heterocycles. The van der Waals surface area contributed by atoms with Crippen LogP contribution < -0.4 is 4.74 Å². The van der Waals surface area contributed by atoms with E-state index in [1.54, 1.807) is 0 Å². The lowest BCUT2D eigenvalue weighted by molar-refractivity contribution is 0.447. The Balaban J connectivity index is 2.34. The van der Waals surface area contributed by atoms with Crippen molar-refractivity contribution in [1.82, 2.24) is 10.2 Å². The zero-order valence-corrected chi connectivity index (χ0v) is 13.2. The molecule has 4 heteroatoms. The Hall–Kier alpha value is -1.61. The van der Waals surface area contributed by atoms with Gasteiger partial charge in [0, 0.05) is 5.56 Å². The monoisotopic (exact) mass is 290 g/mol. The van der Waals surface area contributed by atoms with Crippen molar-refractivity contribution < 1.29 is 4.74 Å². The minimum absolute atomic E-state index is 0.0794. The number of hydrogen-bond acceptors (Lipinski definition) is 3. The topological polar surface area (TPSA) is 35.0 Å². The maximum absolute atomic E-state index is 5.94. The predicted octanol–water partition coefficient (Wildman–Crippen LogP) is 4.84. The highest BCUT2D eigenvalue weighted by atomic mass is 35.5. The van der Waals surface area contributed by atoms with Crippen LogP contribution in [0, 0.1) is 13.8 Å². The van der Waals surface area contributed by atoms with Gasteiger partial charge in [0.1, 0.15) is 5.75 Å². The Morgan fingerprint density at radius 1 is 1.05 bits per heavy atom. The van der Waals surface area contributed by atoms with Gasteiger partial charge < -0.3 is 4.74 Å². The molecule has 1 aromatic heterocycles. The Bertz CT molecular complexity index is 633. The third kappa shape index (κ3) is 3.10. The quantitative estimate of drug-likeness (QED) is 0.794. The summed E-state index contributed by atoms with van der Waals surface area (Å²) in [6, 6.07) is 8.03. The van der Waals surface area contributed by atoms with Gasteiger partial charge in [-0.1, -0.05) is 44.5 Å². The molecule has 0 unspecified atom stereocenters. The highest BCUT2D eigenvalue weighted by molar-refractivity contribution is 6.30. The molecule has 0 radical (unpaired) electrons. The van der Waals surface area contributed by atoms with Crippen LogP contribution in [0.1, 0.15) is 37.5 Å². The lowest BCUT2D eigenvalue weighted by Crippen LogP contribution is -2.10. The van der Waals surface area contributed by atoms with E-state index in [1.807, 2.05) is 32.0 Å². The molecule has 0 aliphatic carbocycles. The van der Waals surface area contributed by atoms with E-state index in [1.165, 1.54) is 5.56 Å². The zero-order valence-electron chi connectivity index (χ0n) is 12.5. The second-order valence-corrected chi connectivity index (χ2v) is 6.28. The normalized spacial score (nSPS) is 11.5. The van der Waals surface area contributed by atoms with E-state index in [9.17, 15) is 0 Å². The Kier molecular flexibility index (Phi) is 4.00. The molecule has 0 bridgehead atoms. The molecule has 0 N–H and O–H groups in total. The van der Waals surface area contributed by atoms with Gasteiger partial charge >= 0.3 is 0 Å². The van der Waals surface area contributed by atoms with Crippen molar-refractivity contribution >= 4 is 11.6 Å². The van der Waals surface area contributed by atoms with E-state index in [4.69, 9.17) is 16.3 Å². The smallest absolute Gasteiger partial charge is 0.242 e. The summed E-state index contributed by atoms with van der Waals surface area (Å²) in [4.78, 5) is 0. The maximum Gasteiger partial charge on any atom is 0.242 e. The van der Waals surface area contributed by atoms with Gasteiger partial charge in [-0.05, 0) is 42.5 Å². The molecule has 0 saturated heterocycles. The first-order valence-electron chi connectivity index (χ1n) is 6.57. The average Bonchev–Trinajstić information content (AvgIpc) is 2.39. The van der Waals surface area contributed by atoms with Gasteiger partial charge in [-0.2, -0.15) is 0 Å². The number of rotatable bonds is 2. The largest absolute Gasteiger partial charge is 0.437 e. The van der Waals surface area contributed by atoms with Crippen LogP contribution in [0.3, 0.4) is 0 Å². The van der Waals surface area contributed by atoms with E-state index in [2.05, 4.69) is 37.0 Å². The lowest BCUT2D eigenvalue weighted by atomic mass is 9.87. The van der Waals surface area contributed by atoms with Gasteiger partial charge in [0.2, 0.25) is 5.88 Å². The summed E-state index contributed by atoms with van der Waals surface area (Å²) >= 11 is 5.94. The first kappa shape index (κ1) is 14.8. The molecule has 0 atom stereocenters. The molecule has 3 nitrogen and oxygen atoms in total. The third-order valence-electron chi connectivity index (χ3n) is 3.34. The van der Waals surface area contributed by atoms with E-state index in [-0.39, 0.29) is 5.41 Å². The second-order valence-electron chi connectivity index (χ2n) is 5.93. The molecule has 2 rings (SSSR count). The first-order chi connectivity index (χ1) is 9.29. The standard InChI is InChI=1S/C16H19ClN2O/c1-10-11(2)15(19-18-14(10)17)20-13-8-6-7-12(9-13)16(3,4)5/h6-9H,1-5H3. The molecule has 106 valence electrons. The minimum atomic E-state index is 0.0794. The van der Waals surface area contributed by atoms with Crippen LogP contribution in [0.4, 0.5) is 0 Å². The van der Waals surface area contributed by atoms with Crippen LogP contribution in [0.15, 0.2) is 24.3 Å². The molecule has 0 amide bonds. The highest BCUT2D eigenvalue weighted by Crippen LogP contribution is 2.30. The summed E-state index contributed by atoms with van der Waals surface area (Å²) < 4.78 is 5.85. The van der Waals surface area contributed by atoms with Crippen LogP contribution in [0.2, 0.25) is 5.15 Å². The van der Waals surface area contributed by atoms with Gasteiger partial charge in [0.25, 0.3) is 0 Å². The molecular weight excluding hydrogens is 272 g/mol.